The van der Waals surface area contributed by atoms with Gasteiger partial charge in [0.25, 0.3) is 5.91 Å². The zero-order valence-corrected chi connectivity index (χ0v) is 20.8. The molecule has 0 radical (unpaired) electrons. The highest BCUT2D eigenvalue weighted by atomic mass is 79.9. The molecule has 1 aliphatic carbocycles. The molecule has 172 valence electrons. The van der Waals surface area contributed by atoms with Crippen molar-refractivity contribution in [2.75, 3.05) is 12.4 Å². The summed E-state index contributed by atoms with van der Waals surface area (Å²) in [6, 6.07) is 3.79. The standard InChI is InChI=1S/C21H15Br2NO8S/c1-7(25)31-5-9-6-33-18-14(13(9)20(28)29)16(26)15(18)24-19(27)11-3-8-2-10(22)4-12(23)17(8)32-21(11)30/h2-4,14-15,18H,5-6H2,1H3,(H,24,27)(H,28,29)/t14?,15-,18+/m1/s1. The van der Waals surface area contributed by atoms with E-state index in [4.69, 9.17) is 9.15 Å². The number of carboxylic acid groups (broad SMARTS) is 1. The van der Waals surface area contributed by atoms with E-state index in [2.05, 4.69) is 37.2 Å². The summed E-state index contributed by atoms with van der Waals surface area (Å²) in [5.41, 5.74) is -0.603. The SMILES string of the molecule is CC(=O)OCC1=C(C(=O)O)C2C(=O)[C@@H](NC(=O)c3cc4cc(Br)cc(Br)c4oc3=O)[C@H]2SC1. The summed E-state index contributed by atoms with van der Waals surface area (Å²) < 4.78 is 11.4. The number of halogens is 2. The lowest BCUT2D eigenvalue weighted by Gasteiger charge is -2.46. The van der Waals surface area contributed by atoms with Gasteiger partial charge in [0, 0.05) is 27.8 Å². The molecule has 0 spiro atoms. The fraction of sp³-hybridized carbons (Fsp3) is 0.286. The fourth-order valence-corrected chi connectivity index (χ4v) is 6.69. The Morgan fingerprint density at radius 3 is 2.64 bits per heavy atom. The van der Waals surface area contributed by atoms with Crippen molar-refractivity contribution in [3.05, 3.63) is 54.3 Å². The minimum Gasteiger partial charge on any atom is -0.478 e. The number of carbonyl (C=O) groups excluding carboxylic acids is 3. The van der Waals surface area contributed by atoms with Gasteiger partial charge in [0.15, 0.2) is 11.4 Å². The fourth-order valence-electron chi connectivity index (χ4n) is 3.86. The smallest absolute Gasteiger partial charge is 0.349 e. The molecule has 4 rings (SSSR count). The molecule has 2 aromatic rings. The van der Waals surface area contributed by atoms with E-state index in [1.165, 1.54) is 24.8 Å². The molecule has 3 atom stereocenters. The molecular formula is C21H15Br2NO8S. The number of fused-ring (bicyclic) bond motifs is 2. The van der Waals surface area contributed by atoms with Crippen LogP contribution in [0.15, 0.2) is 47.5 Å². The highest BCUT2D eigenvalue weighted by molar-refractivity contribution is 9.11. The number of amides is 1. The summed E-state index contributed by atoms with van der Waals surface area (Å²) in [7, 11) is 0. The van der Waals surface area contributed by atoms with Crippen molar-refractivity contribution in [2.24, 2.45) is 5.92 Å². The number of thioether (sulfide) groups is 1. The van der Waals surface area contributed by atoms with Crippen LogP contribution >= 0.6 is 43.6 Å². The Morgan fingerprint density at radius 2 is 1.97 bits per heavy atom. The van der Waals surface area contributed by atoms with Crippen molar-refractivity contribution in [3.8, 4) is 0 Å². The van der Waals surface area contributed by atoms with E-state index in [0.717, 1.165) is 0 Å². The molecule has 0 saturated heterocycles. The molecular weight excluding hydrogens is 586 g/mol. The van der Waals surface area contributed by atoms with Gasteiger partial charge in [-0.15, -0.1) is 0 Å². The van der Waals surface area contributed by atoms with Crippen molar-refractivity contribution < 1.29 is 33.4 Å². The largest absolute Gasteiger partial charge is 0.478 e. The van der Waals surface area contributed by atoms with Gasteiger partial charge in [0.2, 0.25) is 0 Å². The molecule has 1 aromatic heterocycles. The number of hydrogen-bond acceptors (Lipinski definition) is 8. The Hall–Kier alpha value is -2.44. The second-order valence-electron chi connectivity index (χ2n) is 7.46. The van der Waals surface area contributed by atoms with Crippen molar-refractivity contribution >= 4 is 78.2 Å². The number of nitrogens with one attached hydrogen (secondary N) is 1. The number of aliphatic carboxylic acids is 1. The van der Waals surface area contributed by atoms with Crippen molar-refractivity contribution in [1.82, 2.24) is 5.32 Å². The molecule has 1 saturated carbocycles. The average Bonchev–Trinajstić information content (AvgIpc) is 2.75. The lowest BCUT2D eigenvalue weighted by Crippen LogP contribution is -2.65. The molecule has 2 N–H and O–H groups in total. The first-order valence-corrected chi connectivity index (χ1v) is 12.2. The molecule has 0 bridgehead atoms. The summed E-state index contributed by atoms with van der Waals surface area (Å²) in [4.78, 5) is 60.9. The van der Waals surface area contributed by atoms with Crippen LogP contribution in [0.4, 0.5) is 0 Å². The van der Waals surface area contributed by atoms with Gasteiger partial charge in [0.05, 0.1) is 16.0 Å². The molecule has 2 heterocycles. The van der Waals surface area contributed by atoms with E-state index in [-0.39, 0.29) is 29.1 Å². The van der Waals surface area contributed by atoms with Crippen LogP contribution in [0.2, 0.25) is 0 Å². The Balaban J connectivity index is 1.57. The van der Waals surface area contributed by atoms with Gasteiger partial charge in [-0.1, -0.05) is 15.9 Å². The first kappa shape index (κ1) is 23.7. The summed E-state index contributed by atoms with van der Waals surface area (Å²) in [6.07, 6.45) is 0. The monoisotopic (exact) mass is 599 g/mol. The second kappa shape index (κ2) is 9.07. The molecule has 2 aliphatic rings. The van der Waals surface area contributed by atoms with E-state index in [9.17, 15) is 29.1 Å². The summed E-state index contributed by atoms with van der Waals surface area (Å²) in [6.45, 7) is 1.00. The molecule has 1 amide bonds. The van der Waals surface area contributed by atoms with E-state index in [1.54, 1.807) is 12.1 Å². The highest BCUT2D eigenvalue weighted by Gasteiger charge is 2.56. The van der Waals surface area contributed by atoms with Gasteiger partial charge in [-0.3, -0.25) is 14.4 Å². The lowest BCUT2D eigenvalue weighted by atomic mass is 9.71. The maximum absolute atomic E-state index is 12.8. The Kier molecular flexibility index (Phi) is 6.52. The van der Waals surface area contributed by atoms with Crippen LogP contribution in [-0.2, 0) is 19.1 Å². The van der Waals surface area contributed by atoms with Crippen molar-refractivity contribution in [1.29, 1.82) is 0 Å². The minimum absolute atomic E-state index is 0.101. The molecule has 1 aromatic carbocycles. The van der Waals surface area contributed by atoms with E-state index < -0.39 is 46.5 Å². The molecule has 1 fully saturated rings. The predicted octanol–water partition coefficient (Wildman–Crippen LogP) is 2.68. The first-order valence-electron chi connectivity index (χ1n) is 9.56. The molecule has 33 heavy (non-hydrogen) atoms. The van der Waals surface area contributed by atoms with Crippen LogP contribution in [0.1, 0.15) is 17.3 Å². The number of rotatable bonds is 5. The zero-order valence-electron chi connectivity index (χ0n) is 16.8. The first-order chi connectivity index (χ1) is 15.6. The Morgan fingerprint density at radius 1 is 1.24 bits per heavy atom. The van der Waals surface area contributed by atoms with Crippen LogP contribution in [0.5, 0.6) is 0 Å². The molecule has 1 unspecified atom stereocenters. The van der Waals surface area contributed by atoms with Gasteiger partial charge in [-0.2, -0.15) is 11.8 Å². The van der Waals surface area contributed by atoms with E-state index >= 15 is 0 Å². The Bertz CT molecular complexity index is 1320. The van der Waals surface area contributed by atoms with Gasteiger partial charge in [-0.05, 0) is 39.7 Å². The molecule has 9 nitrogen and oxygen atoms in total. The third-order valence-corrected chi connectivity index (χ3v) is 7.87. The number of carboxylic acids is 1. The topological polar surface area (TPSA) is 140 Å². The van der Waals surface area contributed by atoms with Crippen molar-refractivity contribution in [3.63, 3.8) is 0 Å². The Labute approximate surface area is 207 Å². The molecule has 12 heteroatoms. The summed E-state index contributed by atoms with van der Waals surface area (Å²) in [5.74, 6) is -3.79. The quantitative estimate of drug-likeness (QED) is 0.391. The van der Waals surface area contributed by atoms with Gasteiger partial charge in [-0.25, -0.2) is 9.59 Å². The average molecular weight is 601 g/mol. The zero-order chi connectivity index (χ0) is 24.0. The van der Waals surface area contributed by atoms with Crippen LogP contribution in [0.3, 0.4) is 0 Å². The van der Waals surface area contributed by atoms with Gasteiger partial charge >= 0.3 is 17.6 Å². The third-order valence-electron chi connectivity index (χ3n) is 5.37. The number of hydrogen-bond donors (Lipinski definition) is 2. The van der Waals surface area contributed by atoms with E-state index in [0.29, 0.717) is 19.9 Å². The van der Waals surface area contributed by atoms with Crippen LogP contribution in [0, 0.1) is 5.92 Å². The van der Waals surface area contributed by atoms with Crippen LogP contribution < -0.4 is 10.9 Å². The maximum atomic E-state index is 12.8. The predicted molar refractivity (Wildman–Crippen MR) is 125 cm³/mol. The van der Waals surface area contributed by atoms with Gasteiger partial charge < -0.3 is 19.6 Å². The van der Waals surface area contributed by atoms with Crippen LogP contribution in [-0.4, -0.2) is 52.4 Å². The van der Waals surface area contributed by atoms with Gasteiger partial charge in [0.1, 0.15) is 18.2 Å². The minimum atomic E-state index is -1.27. The third kappa shape index (κ3) is 4.38. The molecule has 1 aliphatic heterocycles. The number of esters is 1. The maximum Gasteiger partial charge on any atom is 0.349 e. The van der Waals surface area contributed by atoms with Crippen molar-refractivity contribution in [2.45, 2.75) is 18.2 Å². The summed E-state index contributed by atoms with van der Waals surface area (Å²) >= 11 is 7.93. The number of benzene rings is 1. The number of ketones is 1. The normalized spacial score (nSPS) is 21.9. The highest BCUT2D eigenvalue weighted by Crippen LogP contribution is 2.45. The number of ether oxygens (including phenoxy) is 1. The van der Waals surface area contributed by atoms with Crippen LogP contribution in [0.25, 0.3) is 11.0 Å². The summed E-state index contributed by atoms with van der Waals surface area (Å²) in [5, 5.41) is 12.2. The number of carbonyl (C=O) groups is 4. The van der Waals surface area contributed by atoms with E-state index in [1.807, 2.05) is 0 Å². The lowest BCUT2D eigenvalue weighted by molar-refractivity contribution is -0.141. The second-order valence-corrected chi connectivity index (χ2v) is 10.4. The number of Topliss-reactive ketones (excluding diaryl/α,β-unsaturated/α-hetero) is 1.